The Hall–Kier alpha value is -3.76. The van der Waals surface area contributed by atoms with Crippen LogP contribution in [0.4, 0.5) is 21.6 Å². The van der Waals surface area contributed by atoms with Crippen LogP contribution in [0.1, 0.15) is 10.4 Å². The molecule has 0 amide bonds. The van der Waals surface area contributed by atoms with Gasteiger partial charge in [-0.3, -0.25) is 4.98 Å². The van der Waals surface area contributed by atoms with E-state index in [0.29, 0.717) is 22.8 Å². The highest BCUT2D eigenvalue weighted by Crippen LogP contribution is 2.47. The van der Waals surface area contributed by atoms with E-state index in [1.54, 1.807) is 30.3 Å². The Morgan fingerprint density at radius 2 is 2.03 bits per heavy atom. The fourth-order valence-corrected chi connectivity index (χ4v) is 4.47. The highest BCUT2D eigenvalue weighted by molar-refractivity contribution is 7.83. The average Bonchev–Trinajstić information content (AvgIpc) is 3.11. The summed E-state index contributed by atoms with van der Waals surface area (Å²) < 4.78 is 38.6. The lowest BCUT2D eigenvalue weighted by atomic mass is 10.2. The molecule has 0 radical (unpaired) electrons. The molecule has 0 fully saturated rings. The quantitative estimate of drug-likeness (QED) is 0.380. The number of H-pyrrole nitrogens is 2. The van der Waals surface area contributed by atoms with Gasteiger partial charge in [0.1, 0.15) is 22.7 Å². The van der Waals surface area contributed by atoms with Gasteiger partial charge in [0.15, 0.2) is 23.6 Å². The monoisotopic (exact) mass is 425 g/mol. The summed E-state index contributed by atoms with van der Waals surface area (Å²) >= 11 is -2.44. The molecule has 2 aromatic carbocycles. The third-order valence-electron chi connectivity index (χ3n) is 4.65. The number of anilines is 2. The number of thiol groups is 1. The minimum Gasteiger partial charge on any atom is -0.601 e. The van der Waals surface area contributed by atoms with Crippen molar-refractivity contribution in [2.24, 2.45) is 4.36 Å². The molecule has 0 saturated carbocycles. The van der Waals surface area contributed by atoms with Gasteiger partial charge in [0, 0.05) is 6.07 Å². The van der Waals surface area contributed by atoms with Crippen molar-refractivity contribution in [1.82, 2.24) is 4.98 Å². The number of nitrogens with zero attached hydrogens (tertiary/aromatic N) is 2. The second-order valence-electron chi connectivity index (χ2n) is 6.48. The van der Waals surface area contributed by atoms with E-state index in [1.807, 2.05) is 6.07 Å². The summed E-state index contributed by atoms with van der Waals surface area (Å²) in [5, 5.41) is 9.41. The molecule has 1 aliphatic carbocycles. The van der Waals surface area contributed by atoms with E-state index in [-0.39, 0.29) is 22.7 Å². The van der Waals surface area contributed by atoms with Crippen LogP contribution in [0, 0.1) is 5.82 Å². The Bertz CT molecular complexity index is 1290. The fourth-order valence-electron chi connectivity index (χ4n) is 3.35. The molecule has 0 bridgehead atoms. The predicted octanol–water partition coefficient (Wildman–Crippen LogP) is 3.93. The normalized spacial score (nSPS) is 15.1. The van der Waals surface area contributed by atoms with Gasteiger partial charge in [-0.05, 0) is 30.3 Å². The van der Waals surface area contributed by atoms with E-state index in [2.05, 4.69) is 14.3 Å². The standard InChI is InChI=1S/C20H13FN4O4S/c21-14-8-11(6-7-16(14)29-12-4-2-1-3-5-12)25-19-17-15(22-10-23-19)9-13(20(26)27)18(17)24-30(25)28/h1-10,30H,(H2-,22,23,24,26,27,28)/p+1. The number of nitrogens with one attached hydrogen (secondary N) is 2. The van der Waals surface area contributed by atoms with E-state index < -0.39 is 22.9 Å². The molecule has 2 heterocycles. The first-order valence-electron chi connectivity index (χ1n) is 8.83. The Labute approximate surface area is 172 Å². The Morgan fingerprint density at radius 3 is 2.77 bits per heavy atom. The van der Waals surface area contributed by atoms with Crippen LogP contribution in [0.15, 0.2) is 65.3 Å². The average molecular weight is 425 g/mol. The van der Waals surface area contributed by atoms with Crippen LogP contribution in [0.2, 0.25) is 0 Å². The second kappa shape index (κ2) is 6.94. The van der Waals surface area contributed by atoms with Gasteiger partial charge in [-0.2, -0.15) is 0 Å². The number of carboxylic acid groups (broad SMARTS) is 1. The number of aromatic carboxylic acids is 1. The van der Waals surface area contributed by atoms with Crippen molar-refractivity contribution < 1.29 is 28.6 Å². The zero-order valence-corrected chi connectivity index (χ0v) is 16.1. The molecule has 30 heavy (non-hydrogen) atoms. The lowest BCUT2D eigenvalue weighted by Gasteiger charge is -2.22. The number of aromatic amines is 2. The van der Waals surface area contributed by atoms with Crippen molar-refractivity contribution >= 4 is 34.3 Å². The Balaban J connectivity index is 1.57. The molecule has 8 nitrogen and oxygen atoms in total. The first-order chi connectivity index (χ1) is 14.5. The maximum absolute atomic E-state index is 14.7. The molecule has 10 heteroatoms. The van der Waals surface area contributed by atoms with Crippen LogP contribution >= 0.6 is 0 Å². The molecule has 5 rings (SSSR count). The fraction of sp³-hybridized carbons (Fsp3) is 0. The first kappa shape index (κ1) is 18.3. The third kappa shape index (κ3) is 2.90. The minimum atomic E-state index is -2.44. The molecule has 3 N–H and O–H groups in total. The number of benzene rings is 2. The molecule has 1 atom stereocenters. The lowest BCUT2D eigenvalue weighted by molar-refractivity contribution is -0.366. The molecule has 0 spiro atoms. The van der Waals surface area contributed by atoms with Crippen LogP contribution in [-0.4, -0.2) is 20.6 Å². The Morgan fingerprint density at radius 1 is 1.23 bits per heavy atom. The van der Waals surface area contributed by atoms with Gasteiger partial charge in [0.25, 0.3) is 5.82 Å². The van der Waals surface area contributed by atoms with Crippen LogP contribution in [0.5, 0.6) is 11.5 Å². The number of carbonyl (C=O) groups is 1. The molecule has 0 saturated heterocycles. The number of carboxylic acids is 1. The van der Waals surface area contributed by atoms with Crippen LogP contribution in [-0.2, 0) is 11.2 Å². The molecule has 3 aliphatic rings. The van der Waals surface area contributed by atoms with E-state index in [9.17, 15) is 18.8 Å². The Kier molecular flexibility index (Phi) is 4.23. The highest BCUT2D eigenvalue weighted by atomic mass is 32.2. The molecule has 2 aromatic rings. The number of aromatic nitrogens is 2. The molecular weight excluding hydrogens is 411 g/mol. The summed E-state index contributed by atoms with van der Waals surface area (Å²) in [6.07, 6.45) is 1.48. The van der Waals surface area contributed by atoms with Gasteiger partial charge in [0.05, 0.1) is 16.7 Å². The maximum Gasteiger partial charge on any atom is 0.338 e. The van der Waals surface area contributed by atoms with E-state index in [4.69, 9.17) is 4.74 Å². The molecular formula is C20H14FN4O4S+. The number of hydrogen-bond donors (Lipinski definition) is 2. The van der Waals surface area contributed by atoms with Gasteiger partial charge in [0.2, 0.25) is 0 Å². The van der Waals surface area contributed by atoms with Gasteiger partial charge in [-0.1, -0.05) is 26.9 Å². The van der Waals surface area contributed by atoms with Crippen molar-refractivity contribution in [2.45, 2.75) is 0 Å². The SMILES string of the molecule is O=C(O)c1cc2[nH]c[nH+]c3c-2c1N=[SH+]([O-])N3c1ccc(Oc2ccccc2)c(F)c1. The van der Waals surface area contributed by atoms with Gasteiger partial charge in [-0.25, -0.2) is 14.2 Å². The van der Waals surface area contributed by atoms with E-state index in [1.165, 1.54) is 28.8 Å². The summed E-state index contributed by atoms with van der Waals surface area (Å²) in [6.45, 7) is 0. The van der Waals surface area contributed by atoms with Crippen molar-refractivity contribution in [3.8, 4) is 22.8 Å². The number of halogens is 1. The largest absolute Gasteiger partial charge is 0.601 e. The van der Waals surface area contributed by atoms with Crippen molar-refractivity contribution in [3.05, 3.63) is 72.3 Å². The minimum absolute atomic E-state index is 0.0202. The van der Waals surface area contributed by atoms with Crippen LogP contribution in [0.25, 0.3) is 11.3 Å². The van der Waals surface area contributed by atoms with Gasteiger partial charge >= 0.3 is 5.97 Å². The third-order valence-corrected chi connectivity index (χ3v) is 5.80. The summed E-state index contributed by atoms with van der Waals surface area (Å²) in [4.78, 5) is 17.4. The second-order valence-corrected chi connectivity index (χ2v) is 7.58. The van der Waals surface area contributed by atoms with Crippen molar-refractivity contribution in [2.75, 3.05) is 4.31 Å². The van der Waals surface area contributed by atoms with Crippen LogP contribution < -0.4 is 14.0 Å². The summed E-state index contributed by atoms with van der Waals surface area (Å²) in [6, 6.07) is 14.4. The summed E-state index contributed by atoms with van der Waals surface area (Å²) in [7, 11) is 0. The molecule has 2 aliphatic heterocycles. The molecule has 0 aromatic heterocycles. The zero-order valence-electron chi connectivity index (χ0n) is 15.2. The molecule has 1 unspecified atom stereocenters. The summed E-state index contributed by atoms with van der Waals surface area (Å²) in [5.41, 5.74) is 1.34. The maximum atomic E-state index is 14.7. The lowest BCUT2D eigenvalue weighted by Crippen LogP contribution is -2.29. The van der Waals surface area contributed by atoms with E-state index in [0.717, 1.165) is 0 Å². The number of hydrogen-bond acceptors (Lipinski definition) is 5. The smallest absolute Gasteiger partial charge is 0.338 e. The number of para-hydroxylation sites is 1. The topological polar surface area (TPSA) is 115 Å². The predicted molar refractivity (Wildman–Crippen MR) is 108 cm³/mol. The summed E-state index contributed by atoms with van der Waals surface area (Å²) in [5.74, 6) is -0.947. The zero-order chi connectivity index (χ0) is 20.8. The number of ether oxygens (including phenoxy) is 1. The van der Waals surface area contributed by atoms with Gasteiger partial charge in [-0.15, -0.1) is 0 Å². The van der Waals surface area contributed by atoms with Gasteiger partial charge < -0.3 is 14.4 Å². The number of rotatable bonds is 4. The molecule has 150 valence electrons. The highest BCUT2D eigenvalue weighted by Gasteiger charge is 2.38. The van der Waals surface area contributed by atoms with Crippen molar-refractivity contribution in [3.63, 3.8) is 0 Å². The van der Waals surface area contributed by atoms with Crippen molar-refractivity contribution in [1.29, 1.82) is 0 Å². The first-order valence-corrected chi connectivity index (χ1v) is 10.00. The van der Waals surface area contributed by atoms with E-state index >= 15 is 0 Å². The van der Waals surface area contributed by atoms with Crippen LogP contribution in [0.3, 0.4) is 0 Å².